The van der Waals surface area contributed by atoms with Gasteiger partial charge in [0.2, 0.25) is 0 Å². The topological polar surface area (TPSA) is 26.0 Å². The highest BCUT2D eigenvalue weighted by molar-refractivity contribution is 5.27. The number of hydrogen-bond donors (Lipinski definition) is 1. The second-order valence-electron chi connectivity index (χ2n) is 6.18. The monoisotopic (exact) mass is 245 g/mol. The van der Waals surface area contributed by atoms with Crippen LogP contribution >= 0.6 is 0 Å². The summed E-state index contributed by atoms with van der Waals surface area (Å²) in [5.41, 5.74) is 9.21. The zero-order valence-electron chi connectivity index (χ0n) is 12.0. The maximum atomic E-state index is 6.34. The van der Waals surface area contributed by atoms with Gasteiger partial charge in [-0.2, -0.15) is 0 Å². The molecule has 2 N–H and O–H groups in total. The van der Waals surface area contributed by atoms with E-state index in [1.165, 1.54) is 30.4 Å². The van der Waals surface area contributed by atoms with Crippen molar-refractivity contribution >= 4 is 0 Å². The van der Waals surface area contributed by atoms with Gasteiger partial charge < -0.3 is 5.73 Å². The minimum Gasteiger partial charge on any atom is -0.327 e. The van der Waals surface area contributed by atoms with E-state index in [1.54, 1.807) is 0 Å². The van der Waals surface area contributed by atoms with E-state index in [1.807, 2.05) is 0 Å². The highest BCUT2D eigenvalue weighted by atomic mass is 14.7. The minimum atomic E-state index is 0.354. The Kier molecular flexibility index (Phi) is 4.45. The Bertz CT molecular complexity index is 366. The summed E-state index contributed by atoms with van der Waals surface area (Å²) in [6.07, 6.45) is 4.88. The van der Waals surface area contributed by atoms with Gasteiger partial charge in [0, 0.05) is 6.04 Å². The summed E-state index contributed by atoms with van der Waals surface area (Å²) in [6, 6.07) is 9.48. The molecular formula is C17H27N. The van der Waals surface area contributed by atoms with Crippen molar-refractivity contribution in [3.63, 3.8) is 0 Å². The molecule has 3 atom stereocenters. The lowest BCUT2D eigenvalue weighted by atomic mass is 9.71. The molecule has 1 fully saturated rings. The van der Waals surface area contributed by atoms with Gasteiger partial charge in [-0.1, -0.05) is 45.0 Å². The standard InChI is InChI=1S/C17H27N/c1-4-13-5-7-14(8-6-13)16-11-15(12(2)3)9-10-17(16)18/h5-8,12,15-17H,4,9-11,18H2,1-3H3. The van der Waals surface area contributed by atoms with Crippen LogP contribution in [0.3, 0.4) is 0 Å². The summed E-state index contributed by atoms with van der Waals surface area (Å²) in [4.78, 5) is 0. The van der Waals surface area contributed by atoms with Crippen LogP contribution in [0.15, 0.2) is 24.3 Å². The number of hydrogen-bond acceptors (Lipinski definition) is 1. The first-order valence-corrected chi connectivity index (χ1v) is 7.46. The van der Waals surface area contributed by atoms with E-state index in [0.29, 0.717) is 12.0 Å². The fourth-order valence-electron chi connectivity index (χ4n) is 3.22. The van der Waals surface area contributed by atoms with Gasteiger partial charge in [0.25, 0.3) is 0 Å². The van der Waals surface area contributed by atoms with Gasteiger partial charge in [0.1, 0.15) is 0 Å². The second kappa shape index (κ2) is 5.88. The Balaban J connectivity index is 2.13. The third kappa shape index (κ3) is 2.95. The molecule has 1 saturated carbocycles. The SMILES string of the molecule is CCc1ccc(C2CC(C(C)C)CCC2N)cc1. The van der Waals surface area contributed by atoms with Crippen molar-refractivity contribution in [3.05, 3.63) is 35.4 Å². The molecule has 0 radical (unpaired) electrons. The zero-order chi connectivity index (χ0) is 13.1. The van der Waals surface area contributed by atoms with Crippen LogP contribution in [-0.2, 0) is 6.42 Å². The van der Waals surface area contributed by atoms with Crippen molar-refractivity contribution in [3.8, 4) is 0 Å². The van der Waals surface area contributed by atoms with E-state index in [2.05, 4.69) is 45.0 Å². The van der Waals surface area contributed by atoms with Crippen LogP contribution in [0.1, 0.15) is 57.1 Å². The van der Waals surface area contributed by atoms with Crippen LogP contribution in [-0.4, -0.2) is 6.04 Å². The number of nitrogens with two attached hydrogens (primary N) is 1. The van der Waals surface area contributed by atoms with Gasteiger partial charge in [-0.15, -0.1) is 0 Å². The van der Waals surface area contributed by atoms with Crippen LogP contribution in [0.25, 0.3) is 0 Å². The molecule has 0 aliphatic heterocycles. The Morgan fingerprint density at radius 1 is 1.17 bits per heavy atom. The van der Waals surface area contributed by atoms with E-state index < -0.39 is 0 Å². The van der Waals surface area contributed by atoms with Crippen molar-refractivity contribution in [1.29, 1.82) is 0 Å². The number of benzene rings is 1. The van der Waals surface area contributed by atoms with E-state index >= 15 is 0 Å². The molecule has 100 valence electrons. The fraction of sp³-hybridized carbons (Fsp3) is 0.647. The minimum absolute atomic E-state index is 0.354. The third-order valence-corrected chi connectivity index (χ3v) is 4.70. The molecule has 0 amide bonds. The Morgan fingerprint density at radius 2 is 1.83 bits per heavy atom. The smallest absolute Gasteiger partial charge is 0.0108 e. The lowest BCUT2D eigenvalue weighted by Crippen LogP contribution is -2.35. The Hall–Kier alpha value is -0.820. The average molecular weight is 245 g/mol. The van der Waals surface area contributed by atoms with Crippen LogP contribution in [0, 0.1) is 11.8 Å². The number of rotatable bonds is 3. The van der Waals surface area contributed by atoms with E-state index in [9.17, 15) is 0 Å². The number of aryl methyl sites for hydroxylation is 1. The first kappa shape index (κ1) is 13.6. The molecule has 1 aromatic carbocycles. The molecule has 1 aliphatic rings. The summed E-state index contributed by atoms with van der Waals surface area (Å²) in [6.45, 7) is 6.90. The molecule has 0 saturated heterocycles. The molecule has 2 rings (SSSR count). The third-order valence-electron chi connectivity index (χ3n) is 4.70. The quantitative estimate of drug-likeness (QED) is 0.852. The molecule has 1 aromatic rings. The molecule has 0 bridgehead atoms. The van der Waals surface area contributed by atoms with Crippen molar-refractivity contribution in [2.45, 2.75) is 58.4 Å². The van der Waals surface area contributed by atoms with Crippen molar-refractivity contribution in [2.75, 3.05) is 0 Å². The predicted octanol–water partition coefficient (Wildman–Crippen LogP) is 4.12. The highest BCUT2D eigenvalue weighted by Crippen LogP contribution is 2.38. The summed E-state index contributed by atoms with van der Waals surface area (Å²) in [5, 5.41) is 0. The summed E-state index contributed by atoms with van der Waals surface area (Å²) >= 11 is 0. The first-order valence-electron chi connectivity index (χ1n) is 7.46. The van der Waals surface area contributed by atoms with Crippen LogP contribution in [0.5, 0.6) is 0 Å². The molecular weight excluding hydrogens is 218 g/mol. The molecule has 1 heteroatoms. The normalized spacial score (nSPS) is 28.6. The fourth-order valence-corrected chi connectivity index (χ4v) is 3.22. The van der Waals surface area contributed by atoms with Crippen LogP contribution in [0.2, 0.25) is 0 Å². The van der Waals surface area contributed by atoms with E-state index in [4.69, 9.17) is 5.73 Å². The van der Waals surface area contributed by atoms with Gasteiger partial charge in [0.05, 0.1) is 0 Å². The lowest BCUT2D eigenvalue weighted by Gasteiger charge is -2.36. The molecule has 18 heavy (non-hydrogen) atoms. The Labute approximate surface area is 112 Å². The van der Waals surface area contributed by atoms with E-state index in [0.717, 1.165) is 18.3 Å². The van der Waals surface area contributed by atoms with Crippen LogP contribution < -0.4 is 5.73 Å². The van der Waals surface area contributed by atoms with Crippen molar-refractivity contribution in [2.24, 2.45) is 17.6 Å². The maximum Gasteiger partial charge on any atom is 0.0108 e. The van der Waals surface area contributed by atoms with Gasteiger partial charge in [0.15, 0.2) is 0 Å². The largest absolute Gasteiger partial charge is 0.327 e. The van der Waals surface area contributed by atoms with Crippen molar-refractivity contribution in [1.82, 2.24) is 0 Å². The lowest BCUT2D eigenvalue weighted by molar-refractivity contribution is 0.232. The van der Waals surface area contributed by atoms with Crippen molar-refractivity contribution < 1.29 is 0 Å². The molecule has 0 heterocycles. The molecule has 1 aliphatic carbocycles. The molecule has 0 aromatic heterocycles. The Morgan fingerprint density at radius 3 is 2.39 bits per heavy atom. The predicted molar refractivity (Wildman–Crippen MR) is 78.7 cm³/mol. The van der Waals surface area contributed by atoms with Crippen LogP contribution in [0.4, 0.5) is 0 Å². The van der Waals surface area contributed by atoms with Gasteiger partial charge in [-0.25, -0.2) is 0 Å². The van der Waals surface area contributed by atoms with Gasteiger partial charge >= 0.3 is 0 Å². The summed E-state index contributed by atoms with van der Waals surface area (Å²) in [7, 11) is 0. The second-order valence-corrected chi connectivity index (χ2v) is 6.18. The van der Waals surface area contributed by atoms with Gasteiger partial charge in [-0.3, -0.25) is 0 Å². The summed E-state index contributed by atoms with van der Waals surface area (Å²) in [5.74, 6) is 2.20. The zero-order valence-corrected chi connectivity index (χ0v) is 12.0. The first-order chi connectivity index (χ1) is 8.61. The molecule has 0 spiro atoms. The molecule has 1 nitrogen and oxygen atoms in total. The molecule has 3 unspecified atom stereocenters. The van der Waals surface area contributed by atoms with Gasteiger partial charge in [-0.05, 0) is 54.6 Å². The summed E-state index contributed by atoms with van der Waals surface area (Å²) < 4.78 is 0. The maximum absolute atomic E-state index is 6.34. The average Bonchev–Trinajstić information content (AvgIpc) is 2.39. The highest BCUT2D eigenvalue weighted by Gasteiger charge is 2.30. The van der Waals surface area contributed by atoms with E-state index in [-0.39, 0.29) is 0 Å².